The van der Waals surface area contributed by atoms with E-state index < -0.39 is 10.0 Å². The summed E-state index contributed by atoms with van der Waals surface area (Å²) in [7, 11) is -2.09. The van der Waals surface area contributed by atoms with Gasteiger partial charge in [-0.15, -0.1) is 0 Å². The van der Waals surface area contributed by atoms with Crippen LogP contribution in [0, 0.1) is 0 Å². The molecule has 142 valence electrons. The molecule has 3 aromatic rings. The Kier molecular flexibility index (Phi) is 6.03. The van der Waals surface area contributed by atoms with Crippen molar-refractivity contribution in [3.05, 3.63) is 96.1 Å². The molecule has 6 heteroatoms. The summed E-state index contributed by atoms with van der Waals surface area (Å²) < 4.78 is 28.0. The molecule has 0 atom stereocenters. The number of ether oxygens (including phenoxy) is 1. The number of primary sulfonamides is 1. The summed E-state index contributed by atoms with van der Waals surface area (Å²) in [6.45, 7) is 0. The largest absolute Gasteiger partial charge is 0.497 e. The Labute approximate surface area is 164 Å². The molecular formula is C22H20N2O3S. The number of hydrogen-bond donors (Lipinski definition) is 1. The molecular weight excluding hydrogens is 372 g/mol. The third-order valence-corrected chi connectivity index (χ3v) is 4.96. The smallest absolute Gasteiger partial charge is 0.238 e. The lowest BCUT2D eigenvalue weighted by molar-refractivity contribution is 0.415. The summed E-state index contributed by atoms with van der Waals surface area (Å²) in [6.07, 6.45) is 3.88. The maximum atomic E-state index is 11.4. The quantitative estimate of drug-likeness (QED) is 0.639. The molecule has 0 heterocycles. The molecule has 2 N–H and O–H groups in total. The van der Waals surface area contributed by atoms with Crippen LogP contribution in [-0.4, -0.2) is 21.2 Å². The summed E-state index contributed by atoms with van der Waals surface area (Å²) in [6, 6.07) is 23.6. The van der Waals surface area contributed by atoms with Crippen LogP contribution in [0.2, 0.25) is 0 Å². The average molecular weight is 392 g/mol. The van der Waals surface area contributed by atoms with Gasteiger partial charge in [-0.2, -0.15) is 0 Å². The van der Waals surface area contributed by atoms with E-state index in [9.17, 15) is 8.42 Å². The molecule has 0 unspecified atom stereocenters. The minimum Gasteiger partial charge on any atom is -0.497 e. The number of nitrogens with two attached hydrogens (primary N) is 1. The summed E-state index contributed by atoms with van der Waals surface area (Å²) >= 11 is 0. The third-order valence-electron chi connectivity index (χ3n) is 4.03. The van der Waals surface area contributed by atoms with Crippen LogP contribution in [0.25, 0.3) is 6.08 Å². The Balaban J connectivity index is 1.95. The number of benzene rings is 3. The number of nitrogens with zero attached hydrogens (tertiary/aromatic N) is 1. The highest BCUT2D eigenvalue weighted by Gasteiger charge is 2.07. The van der Waals surface area contributed by atoms with E-state index in [1.54, 1.807) is 19.2 Å². The minimum atomic E-state index is -3.72. The van der Waals surface area contributed by atoms with E-state index in [1.165, 1.54) is 12.1 Å². The van der Waals surface area contributed by atoms with Crippen LogP contribution >= 0.6 is 0 Å². The molecule has 0 aliphatic carbocycles. The second-order valence-corrected chi connectivity index (χ2v) is 7.57. The fraction of sp³-hybridized carbons (Fsp3) is 0.0455. The Morgan fingerprint density at radius 1 is 0.929 bits per heavy atom. The number of aliphatic imine (C=N–C) groups is 1. The lowest BCUT2D eigenvalue weighted by Crippen LogP contribution is -2.11. The maximum Gasteiger partial charge on any atom is 0.238 e. The van der Waals surface area contributed by atoms with E-state index in [2.05, 4.69) is 4.99 Å². The Bertz CT molecular complexity index is 1090. The molecule has 0 bridgehead atoms. The standard InChI is InChI=1S/C22H20N2O3S/c1-27-20-12-7-17(8-13-20)9-16-22(18-5-3-2-4-6-18)24-19-10-14-21(15-11-19)28(23,25)26/h2-16H,1H3,(H2,23,25,26)/b16-9+,24-22?. The topological polar surface area (TPSA) is 81.8 Å². The van der Waals surface area contributed by atoms with Gasteiger partial charge in [-0.25, -0.2) is 18.5 Å². The lowest BCUT2D eigenvalue weighted by atomic mass is 10.1. The van der Waals surface area contributed by atoms with Crippen molar-refractivity contribution >= 4 is 27.5 Å². The molecule has 3 aromatic carbocycles. The monoisotopic (exact) mass is 392 g/mol. The highest BCUT2D eigenvalue weighted by Crippen LogP contribution is 2.19. The van der Waals surface area contributed by atoms with Crippen LogP contribution in [0.15, 0.2) is 94.8 Å². The van der Waals surface area contributed by atoms with Crippen molar-refractivity contribution in [1.29, 1.82) is 0 Å². The van der Waals surface area contributed by atoms with Crippen molar-refractivity contribution in [1.82, 2.24) is 0 Å². The zero-order valence-corrected chi connectivity index (χ0v) is 16.1. The molecule has 0 radical (unpaired) electrons. The van der Waals surface area contributed by atoms with Crippen LogP contribution in [0.1, 0.15) is 11.1 Å². The van der Waals surface area contributed by atoms with E-state index in [-0.39, 0.29) is 4.90 Å². The van der Waals surface area contributed by atoms with Crippen molar-refractivity contribution < 1.29 is 13.2 Å². The molecule has 0 amide bonds. The zero-order chi connectivity index (χ0) is 20.0. The van der Waals surface area contributed by atoms with Crippen LogP contribution < -0.4 is 9.88 Å². The van der Waals surface area contributed by atoms with Crippen molar-refractivity contribution in [2.75, 3.05) is 7.11 Å². The summed E-state index contributed by atoms with van der Waals surface area (Å²) in [5.74, 6) is 0.795. The van der Waals surface area contributed by atoms with Crippen molar-refractivity contribution in [3.8, 4) is 5.75 Å². The van der Waals surface area contributed by atoms with Gasteiger partial charge in [-0.05, 0) is 48.0 Å². The van der Waals surface area contributed by atoms with E-state index in [4.69, 9.17) is 9.88 Å². The van der Waals surface area contributed by atoms with Gasteiger partial charge in [0.25, 0.3) is 0 Å². The number of sulfonamides is 1. The number of allylic oxidation sites excluding steroid dienone is 1. The summed E-state index contributed by atoms with van der Waals surface area (Å²) in [5, 5.41) is 5.15. The van der Waals surface area contributed by atoms with Crippen LogP contribution in [0.5, 0.6) is 5.75 Å². The average Bonchev–Trinajstić information content (AvgIpc) is 2.72. The molecule has 0 aliphatic rings. The molecule has 0 saturated heterocycles. The molecule has 28 heavy (non-hydrogen) atoms. The first-order valence-electron chi connectivity index (χ1n) is 8.55. The van der Waals surface area contributed by atoms with Gasteiger partial charge in [0.15, 0.2) is 0 Å². The van der Waals surface area contributed by atoms with Gasteiger partial charge in [-0.3, -0.25) is 0 Å². The predicted octanol–water partition coefficient (Wildman–Crippen LogP) is 4.18. The molecule has 0 aromatic heterocycles. The second-order valence-electron chi connectivity index (χ2n) is 6.01. The Morgan fingerprint density at radius 2 is 1.57 bits per heavy atom. The molecule has 5 nitrogen and oxygen atoms in total. The Morgan fingerprint density at radius 3 is 2.14 bits per heavy atom. The number of hydrogen-bond acceptors (Lipinski definition) is 4. The first kappa shape index (κ1) is 19.5. The first-order valence-corrected chi connectivity index (χ1v) is 10.1. The predicted molar refractivity (Wildman–Crippen MR) is 112 cm³/mol. The fourth-order valence-corrected chi connectivity index (χ4v) is 3.06. The molecule has 3 rings (SSSR count). The fourth-order valence-electron chi connectivity index (χ4n) is 2.55. The zero-order valence-electron chi connectivity index (χ0n) is 15.3. The lowest BCUT2D eigenvalue weighted by Gasteiger charge is -2.04. The van der Waals surface area contributed by atoms with Gasteiger partial charge in [0.1, 0.15) is 5.75 Å². The van der Waals surface area contributed by atoms with E-state index in [1.807, 2.05) is 66.7 Å². The van der Waals surface area contributed by atoms with Crippen LogP contribution in [0.3, 0.4) is 0 Å². The highest BCUT2D eigenvalue weighted by molar-refractivity contribution is 7.89. The van der Waals surface area contributed by atoms with E-state index in [0.717, 1.165) is 22.6 Å². The van der Waals surface area contributed by atoms with Crippen molar-refractivity contribution in [2.24, 2.45) is 10.1 Å². The van der Waals surface area contributed by atoms with Gasteiger partial charge >= 0.3 is 0 Å². The van der Waals surface area contributed by atoms with Crippen LogP contribution in [-0.2, 0) is 10.0 Å². The van der Waals surface area contributed by atoms with Gasteiger partial charge in [-0.1, -0.05) is 48.5 Å². The maximum absolute atomic E-state index is 11.4. The van der Waals surface area contributed by atoms with Crippen LogP contribution in [0.4, 0.5) is 5.69 Å². The highest BCUT2D eigenvalue weighted by atomic mass is 32.2. The molecule has 0 fully saturated rings. The van der Waals surface area contributed by atoms with Gasteiger partial charge in [0, 0.05) is 5.56 Å². The normalized spacial score (nSPS) is 12.3. The molecule has 0 spiro atoms. The second kappa shape index (κ2) is 8.65. The molecule has 0 aliphatic heterocycles. The van der Waals surface area contributed by atoms with Crippen molar-refractivity contribution in [3.63, 3.8) is 0 Å². The number of rotatable bonds is 6. The van der Waals surface area contributed by atoms with Gasteiger partial charge in [0.2, 0.25) is 10.0 Å². The summed E-state index contributed by atoms with van der Waals surface area (Å²) in [4.78, 5) is 4.73. The molecule has 0 saturated carbocycles. The number of methoxy groups -OCH3 is 1. The van der Waals surface area contributed by atoms with E-state index in [0.29, 0.717) is 5.69 Å². The Hall–Kier alpha value is -3.22. The van der Waals surface area contributed by atoms with Crippen molar-refractivity contribution in [2.45, 2.75) is 4.90 Å². The first-order chi connectivity index (χ1) is 13.5. The van der Waals surface area contributed by atoms with E-state index >= 15 is 0 Å². The summed E-state index contributed by atoms with van der Waals surface area (Å²) in [5.41, 5.74) is 3.34. The van der Waals surface area contributed by atoms with Gasteiger partial charge in [0.05, 0.1) is 23.4 Å². The minimum absolute atomic E-state index is 0.0569. The van der Waals surface area contributed by atoms with Gasteiger partial charge < -0.3 is 4.74 Å². The third kappa shape index (κ3) is 5.16. The SMILES string of the molecule is COc1ccc(/C=C/C(=Nc2ccc(S(N)(=O)=O)cc2)c2ccccc2)cc1.